The molecule has 94 valence electrons. The average Bonchev–Trinajstić information content (AvgIpc) is 3.11. The van der Waals surface area contributed by atoms with Crippen LogP contribution in [0, 0.1) is 6.92 Å². The van der Waals surface area contributed by atoms with Gasteiger partial charge in [-0.05, 0) is 19.8 Å². The van der Waals surface area contributed by atoms with E-state index < -0.39 is 0 Å². The van der Waals surface area contributed by atoms with Gasteiger partial charge in [-0.3, -0.25) is 4.79 Å². The standard InChI is InChI=1S/C11H13N5O2/c1-7-14-9(18-15-7)6-13-10-11(17)16(5-4-12-10)8-2-3-8/h4-5,8H,2-3,6H2,1H3,(H,12,13). The molecule has 0 unspecified atom stereocenters. The van der Waals surface area contributed by atoms with Crippen LogP contribution in [0.25, 0.3) is 0 Å². The van der Waals surface area contributed by atoms with Crippen molar-refractivity contribution in [3.8, 4) is 0 Å². The highest BCUT2D eigenvalue weighted by Gasteiger charge is 2.25. The molecule has 3 rings (SSSR count). The molecule has 0 spiro atoms. The molecular weight excluding hydrogens is 234 g/mol. The van der Waals surface area contributed by atoms with Crippen molar-refractivity contribution < 1.29 is 4.52 Å². The van der Waals surface area contributed by atoms with E-state index in [-0.39, 0.29) is 5.56 Å². The Balaban J connectivity index is 1.76. The largest absolute Gasteiger partial charge is 0.356 e. The second-order valence-corrected chi connectivity index (χ2v) is 4.31. The smallest absolute Gasteiger partial charge is 0.293 e. The number of anilines is 1. The minimum atomic E-state index is -0.101. The highest BCUT2D eigenvalue weighted by atomic mass is 16.5. The Hall–Kier alpha value is -2.18. The molecule has 0 atom stereocenters. The summed E-state index contributed by atoms with van der Waals surface area (Å²) in [6.07, 6.45) is 5.47. The molecule has 0 bridgehead atoms. The number of nitrogens with zero attached hydrogens (tertiary/aromatic N) is 4. The molecular formula is C11H13N5O2. The molecule has 2 aromatic heterocycles. The first-order valence-electron chi connectivity index (χ1n) is 5.84. The lowest BCUT2D eigenvalue weighted by atomic mass is 10.5. The number of aryl methyl sites for hydroxylation is 1. The highest BCUT2D eigenvalue weighted by Crippen LogP contribution is 2.33. The third-order valence-electron chi connectivity index (χ3n) is 2.78. The molecule has 7 heteroatoms. The van der Waals surface area contributed by atoms with Gasteiger partial charge in [-0.25, -0.2) is 4.98 Å². The van der Waals surface area contributed by atoms with Crippen LogP contribution in [0.5, 0.6) is 0 Å². The Kier molecular flexibility index (Phi) is 2.58. The Labute approximate surface area is 103 Å². The van der Waals surface area contributed by atoms with Crippen LogP contribution >= 0.6 is 0 Å². The fourth-order valence-electron chi connectivity index (χ4n) is 1.76. The summed E-state index contributed by atoms with van der Waals surface area (Å²) in [6, 6.07) is 0.340. The van der Waals surface area contributed by atoms with Crippen LogP contribution in [0.1, 0.15) is 30.6 Å². The molecule has 2 aromatic rings. The predicted molar refractivity (Wildman–Crippen MR) is 63.1 cm³/mol. The van der Waals surface area contributed by atoms with Crippen molar-refractivity contribution in [2.45, 2.75) is 32.4 Å². The van der Waals surface area contributed by atoms with Gasteiger partial charge in [0.25, 0.3) is 5.56 Å². The quantitative estimate of drug-likeness (QED) is 0.863. The third kappa shape index (κ3) is 2.11. The van der Waals surface area contributed by atoms with Crippen LogP contribution in [0.2, 0.25) is 0 Å². The van der Waals surface area contributed by atoms with E-state index in [0.717, 1.165) is 12.8 Å². The molecule has 18 heavy (non-hydrogen) atoms. The molecule has 0 saturated heterocycles. The van der Waals surface area contributed by atoms with E-state index in [1.54, 1.807) is 23.9 Å². The first-order valence-corrected chi connectivity index (χ1v) is 5.84. The van der Waals surface area contributed by atoms with Gasteiger partial charge in [-0.15, -0.1) is 0 Å². The van der Waals surface area contributed by atoms with Crippen molar-refractivity contribution in [3.63, 3.8) is 0 Å². The lowest BCUT2D eigenvalue weighted by Gasteiger charge is -2.06. The van der Waals surface area contributed by atoms with Crippen molar-refractivity contribution in [2.75, 3.05) is 5.32 Å². The Morgan fingerprint density at radius 3 is 3.06 bits per heavy atom. The fraction of sp³-hybridized carbons (Fsp3) is 0.455. The van der Waals surface area contributed by atoms with E-state index in [2.05, 4.69) is 20.4 Å². The molecule has 1 N–H and O–H groups in total. The van der Waals surface area contributed by atoms with Crippen molar-refractivity contribution >= 4 is 5.82 Å². The summed E-state index contributed by atoms with van der Waals surface area (Å²) in [7, 11) is 0. The summed E-state index contributed by atoms with van der Waals surface area (Å²) in [5.41, 5.74) is -0.101. The molecule has 0 aliphatic heterocycles. The summed E-state index contributed by atoms with van der Waals surface area (Å²) >= 11 is 0. The Morgan fingerprint density at radius 2 is 2.39 bits per heavy atom. The fourth-order valence-corrected chi connectivity index (χ4v) is 1.76. The SMILES string of the molecule is Cc1noc(CNc2nccn(C3CC3)c2=O)n1. The molecule has 1 saturated carbocycles. The number of aromatic nitrogens is 4. The lowest BCUT2D eigenvalue weighted by Crippen LogP contribution is -2.23. The lowest BCUT2D eigenvalue weighted by molar-refractivity contribution is 0.379. The predicted octanol–water partition coefficient (Wildman–Crippen LogP) is 0.882. The van der Waals surface area contributed by atoms with Gasteiger partial charge in [-0.1, -0.05) is 5.16 Å². The van der Waals surface area contributed by atoms with Gasteiger partial charge in [0.1, 0.15) is 0 Å². The van der Waals surface area contributed by atoms with E-state index in [1.165, 1.54) is 0 Å². The number of hydrogen-bond donors (Lipinski definition) is 1. The second-order valence-electron chi connectivity index (χ2n) is 4.31. The van der Waals surface area contributed by atoms with E-state index in [9.17, 15) is 4.79 Å². The van der Waals surface area contributed by atoms with Gasteiger partial charge in [0.15, 0.2) is 11.6 Å². The normalized spacial score (nSPS) is 14.7. The monoisotopic (exact) mass is 247 g/mol. The molecule has 2 heterocycles. The molecule has 0 radical (unpaired) electrons. The minimum Gasteiger partial charge on any atom is -0.356 e. The van der Waals surface area contributed by atoms with Crippen LogP contribution in [0.3, 0.4) is 0 Å². The van der Waals surface area contributed by atoms with Crippen molar-refractivity contribution in [2.24, 2.45) is 0 Å². The average molecular weight is 247 g/mol. The number of hydrogen-bond acceptors (Lipinski definition) is 6. The molecule has 7 nitrogen and oxygen atoms in total. The topological polar surface area (TPSA) is 85.8 Å². The summed E-state index contributed by atoms with van der Waals surface area (Å²) < 4.78 is 6.67. The summed E-state index contributed by atoms with van der Waals surface area (Å²) in [5.74, 6) is 1.33. The van der Waals surface area contributed by atoms with Gasteiger partial charge in [0.05, 0.1) is 6.54 Å². The van der Waals surface area contributed by atoms with Gasteiger partial charge in [-0.2, -0.15) is 4.98 Å². The van der Waals surface area contributed by atoms with Gasteiger partial charge in [0, 0.05) is 18.4 Å². The number of rotatable bonds is 4. The zero-order valence-electron chi connectivity index (χ0n) is 9.96. The summed E-state index contributed by atoms with van der Waals surface area (Å²) in [4.78, 5) is 20.1. The first-order chi connectivity index (χ1) is 8.74. The van der Waals surface area contributed by atoms with Crippen LogP contribution in [0.15, 0.2) is 21.7 Å². The molecule has 1 fully saturated rings. The van der Waals surface area contributed by atoms with E-state index in [1.807, 2.05) is 0 Å². The zero-order valence-corrected chi connectivity index (χ0v) is 9.96. The molecule has 0 aromatic carbocycles. The molecule has 0 amide bonds. The Morgan fingerprint density at radius 1 is 1.56 bits per heavy atom. The van der Waals surface area contributed by atoms with E-state index in [0.29, 0.717) is 30.1 Å². The number of nitrogens with one attached hydrogen (secondary N) is 1. The van der Waals surface area contributed by atoms with Crippen molar-refractivity contribution in [1.29, 1.82) is 0 Å². The zero-order chi connectivity index (χ0) is 12.5. The van der Waals surface area contributed by atoms with Crippen molar-refractivity contribution in [1.82, 2.24) is 19.7 Å². The van der Waals surface area contributed by atoms with E-state index in [4.69, 9.17) is 4.52 Å². The first kappa shape index (κ1) is 10.9. The van der Waals surface area contributed by atoms with Crippen LogP contribution in [0.4, 0.5) is 5.82 Å². The highest BCUT2D eigenvalue weighted by molar-refractivity contribution is 5.31. The molecule has 1 aliphatic carbocycles. The summed E-state index contributed by atoms with van der Waals surface area (Å²) in [6.45, 7) is 2.05. The Bertz CT molecular complexity index is 614. The molecule has 1 aliphatic rings. The van der Waals surface area contributed by atoms with Gasteiger partial charge >= 0.3 is 0 Å². The maximum absolute atomic E-state index is 12.0. The maximum atomic E-state index is 12.0. The van der Waals surface area contributed by atoms with Gasteiger partial charge in [0.2, 0.25) is 5.89 Å². The summed E-state index contributed by atoms with van der Waals surface area (Å²) in [5, 5.41) is 6.60. The second kappa shape index (κ2) is 4.25. The van der Waals surface area contributed by atoms with Crippen molar-refractivity contribution in [3.05, 3.63) is 34.5 Å². The van der Waals surface area contributed by atoms with Crippen LogP contribution in [-0.2, 0) is 6.54 Å². The van der Waals surface area contributed by atoms with Crippen LogP contribution < -0.4 is 10.9 Å². The maximum Gasteiger partial charge on any atom is 0.293 e. The van der Waals surface area contributed by atoms with Crippen LogP contribution in [-0.4, -0.2) is 19.7 Å². The third-order valence-corrected chi connectivity index (χ3v) is 2.78. The van der Waals surface area contributed by atoms with E-state index >= 15 is 0 Å². The van der Waals surface area contributed by atoms with Gasteiger partial charge < -0.3 is 14.4 Å². The minimum absolute atomic E-state index is 0.101.